The third-order valence-electron chi connectivity index (χ3n) is 4.78. The summed E-state index contributed by atoms with van der Waals surface area (Å²) < 4.78 is 24.5. The molecule has 1 saturated heterocycles. The summed E-state index contributed by atoms with van der Waals surface area (Å²) in [5.41, 5.74) is 3.58. The number of likely N-dealkylation sites (tertiary alicyclic amines) is 1. The fourth-order valence-electron chi connectivity index (χ4n) is 3.40. The Hall–Kier alpha value is -1.70. The van der Waals surface area contributed by atoms with Gasteiger partial charge in [-0.2, -0.15) is 5.10 Å². The summed E-state index contributed by atoms with van der Waals surface area (Å²) in [6.07, 6.45) is 4.25. The molecule has 2 N–H and O–H groups in total. The lowest BCUT2D eigenvalue weighted by molar-refractivity contribution is 0.204. The molecule has 1 aliphatic heterocycles. The highest BCUT2D eigenvalue weighted by atomic mass is 32.2. The van der Waals surface area contributed by atoms with Gasteiger partial charge in [0.2, 0.25) is 10.0 Å². The lowest BCUT2D eigenvalue weighted by Gasteiger charge is -2.32. The molecule has 0 amide bonds. The summed E-state index contributed by atoms with van der Waals surface area (Å²) >= 11 is 0. The molecule has 0 atom stereocenters. The molecule has 2 aromatic rings. The van der Waals surface area contributed by atoms with Gasteiger partial charge in [0.25, 0.3) is 0 Å². The molecule has 0 saturated carbocycles. The largest absolute Gasteiger partial charge is 0.299 e. The molecule has 7 heteroatoms. The van der Waals surface area contributed by atoms with Crippen molar-refractivity contribution in [2.75, 3.05) is 13.1 Å². The number of rotatable bonds is 4. The Morgan fingerprint density at radius 3 is 2.33 bits per heavy atom. The van der Waals surface area contributed by atoms with E-state index in [1.165, 1.54) is 11.1 Å². The van der Waals surface area contributed by atoms with E-state index in [-0.39, 0.29) is 4.90 Å². The number of nitrogens with zero attached hydrogens (tertiary/aromatic N) is 3. The molecule has 1 aliphatic rings. The minimum absolute atomic E-state index is 0.177. The highest BCUT2D eigenvalue weighted by Crippen LogP contribution is 2.29. The monoisotopic (exact) mass is 348 g/mol. The quantitative estimate of drug-likeness (QED) is 0.913. The molecule has 3 rings (SSSR count). The first-order chi connectivity index (χ1) is 11.3. The molecule has 0 aliphatic carbocycles. The Morgan fingerprint density at radius 2 is 1.83 bits per heavy atom. The van der Waals surface area contributed by atoms with E-state index in [0.29, 0.717) is 5.92 Å². The number of nitrogens with two attached hydrogens (primary N) is 1. The van der Waals surface area contributed by atoms with Crippen LogP contribution in [0.3, 0.4) is 0 Å². The predicted molar refractivity (Wildman–Crippen MR) is 93.0 cm³/mol. The molecular weight excluding hydrogens is 324 g/mol. The predicted octanol–water partition coefficient (Wildman–Crippen LogP) is 1.76. The van der Waals surface area contributed by atoms with Gasteiger partial charge < -0.3 is 0 Å². The molecule has 1 fully saturated rings. The topological polar surface area (TPSA) is 81.2 Å². The number of hydrogen-bond acceptors (Lipinski definition) is 4. The normalized spacial score (nSPS) is 17.3. The molecule has 1 aromatic heterocycles. The maximum Gasteiger partial charge on any atom is 0.238 e. The number of aryl methyl sites for hydroxylation is 2. The molecular formula is C17H24N4O2S. The van der Waals surface area contributed by atoms with E-state index in [0.717, 1.165) is 38.2 Å². The van der Waals surface area contributed by atoms with Crippen LogP contribution in [0.4, 0.5) is 0 Å². The lowest BCUT2D eigenvalue weighted by atomic mass is 9.89. The van der Waals surface area contributed by atoms with Crippen LogP contribution in [0.1, 0.15) is 35.6 Å². The third kappa shape index (κ3) is 3.85. The number of hydrogen-bond donors (Lipinski definition) is 1. The maximum absolute atomic E-state index is 11.3. The van der Waals surface area contributed by atoms with Crippen molar-refractivity contribution in [2.45, 2.75) is 37.1 Å². The van der Waals surface area contributed by atoms with Crippen LogP contribution in [0.5, 0.6) is 0 Å². The van der Waals surface area contributed by atoms with Crippen molar-refractivity contribution in [1.82, 2.24) is 14.7 Å². The highest BCUT2D eigenvalue weighted by molar-refractivity contribution is 7.89. The zero-order valence-corrected chi connectivity index (χ0v) is 15.0. The maximum atomic E-state index is 11.3. The Balaban J connectivity index is 1.60. The van der Waals surface area contributed by atoms with Crippen LogP contribution >= 0.6 is 0 Å². The summed E-state index contributed by atoms with van der Waals surface area (Å²) in [4.78, 5) is 2.63. The second-order valence-corrected chi connectivity index (χ2v) is 8.14. The van der Waals surface area contributed by atoms with Crippen molar-refractivity contribution in [3.05, 3.63) is 47.3 Å². The first-order valence-electron chi connectivity index (χ1n) is 8.17. The van der Waals surface area contributed by atoms with E-state index in [1.54, 1.807) is 12.1 Å². The van der Waals surface area contributed by atoms with Gasteiger partial charge in [-0.3, -0.25) is 9.58 Å². The number of piperidine rings is 1. The average molecular weight is 348 g/mol. The van der Waals surface area contributed by atoms with Crippen LogP contribution in [0, 0.1) is 6.92 Å². The number of primary sulfonamides is 1. The van der Waals surface area contributed by atoms with Gasteiger partial charge in [-0.15, -0.1) is 0 Å². The van der Waals surface area contributed by atoms with E-state index in [9.17, 15) is 8.42 Å². The molecule has 130 valence electrons. The molecule has 24 heavy (non-hydrogen) atoms. The number of aromatic nitrogens is 2. The fourth-order valence-corrected chi connectivity index (χ4v) is 3.91. The van der Waals surface area contributed by atoms with Crippen molar-refractivity contribution in [2.24, 2.45) is 12.2 Å². The van der Waals surface area contributed by atoms with Gasteiger partial charge in [-0.05, 0) is 56.5 Å². The summed E-state index contributed by atoms with van der Waals surface area (Å²) in [6, 6.07) is 7.00. The van der Waals surface area contributed by atoms with E-state index in [1.807, 2.05) is 23.9 Å². The van der Waals surface area contributed by atoms with Crippen molar-refractivity contribution < 1.29 is 8.42 Å². The minimum atomic E-state index is -3.61. The third-order valence-corrected chi connectivity index (χ3v) is 5.71. The van der Waals surface area contributed by atoms with E-state index >= 15 is 0 Å². The zero-order valence-electron chi connectivity index (χ0n) is 14.1. The highest BCUT2D eigenvalue weighted by Gasteiger charge is 2.22. The second-order valence-electron chi connectivity index (χ2n) is 6.58. The van der Waals surface area contributed by atoms with Crippen LogP contribution < -0.4 is 5.14 Å². The number of benzene rings is 1. The van der Waals surface area contributed by atoms with Crippen molar-refractivity contribution >= 4 is 10.0 Å². The number of sulfonamides is 1. The van der Waals surface area contributed by atoms with Gasteiger partial charge in [-0.1, -0.05) is 12.1 Å². The molecule has 0 bridgehead atoms. The Morgan fingerprint density at radius 1 is 1.21 bits per heavy atom. The Labute approximate surface area is 143 Å². The first-order valence-corrected chi connectivity index (χ1v) is 9.72. The molecule has 1 aromatic carbocycles. The van der Waals surface area contributed by atoms with Crippen LogP contribution in [0.2, 0.25) is 0 Å². The van der Waals surface area contributed by atoms with Crippen LogP contribution in [0.25, 0.3) is 0 Å². The van der Waals surface area contributed by atoms with E-state index < -0.39 is 10.0 Å². The molecule has 0 spiro atoms. The summed E-state index contributed by atoms with van der Waals surface area (Å²) in [5.74, 6) is 0.478. The van der Waals surface area contributed by atoms with Gasteiger partial charge in [0.15, 0.2) is 0 Å². The zero-order chi connectivity index (χ0) is 17.3. The Kier molecular flexibility index (Phi) is 4.76. The minimum Gasteiger partial charge on any atom is -0.299 e. The van der Waals surface area contributed by atoms with Gasteiger partial charge in [-0.25, -0.2) is 13.6 Å². The molecule has 0 radical (unpaired) electrons. The first kappa shape index (κ1) is 17.1. The Bertz CT molecular complexity index is 804. The summed E-state index contributed by atoms with van der Waals surface area (Å²) in [7, 11) is -1.66. The van der Waals surface area contributed by atoms with Gasteiger partial charge >= 0.3 is 0 Å². The second kappa shape index (κ2) is 6.66. The molecule has 6 nitrogen and oxygen atoms in total. The average Bonchev–Trinajstić information content (AvgIpc) is 2.85. The molecule has 2 heterocycles. The van der Waals surface area contributed by atoms with Gasteiger partial charge in [0.1, 0.15) is 0 Å². The van der Waals surface area contributed by atoms with Crippen LogP contribution in [0.15, 0.2) is 35.4 Å². The van der Waals surface area contributed by atoms with Crippen molar-refractivity contribution in [3.8, 4) is 0 Å². The van der Waals surface area contributed by atoms with Gasteiger partial charge in [0.05, 0.1) is 10.6 Å². The van der Waals surface area contributed by atoms with Crippen LogP contribution in [-0.2, 0) is 23.6 Å². The summed E-state index contributed by atoms with van der Waals surface area (Å²) in [5, 5.41) is 9.55. The lowest BCUT2D eigenvalue weighted by Crippen LogP contribution is -2.32. The van der Waals surface area contributed by atoms with Crippen LogP contribution in [-0.4, -0.2) is 36.2 Å². The standard InChI is InChI=1S/C17H24N4O2S/c1-13-16(11-20(2)19-13)12-21-9-7-15(8-10-21)14-3-5-17(6-4-14)24(18,22)23/h3-6,11,15H,7-10,12H2,1-2H3,(H2,18,22,23). The smallest absolute Gasteiger partial charge is 0.238 e. The summed E-state index contributed by atoms with van der Waals surface area (Å²) in [6.45, 7) is 5.07. The molecule has 0 unspecified atom stereocenters. The fraction of sp³-hybridized carbons (Fsp3) is 0.471. The van der Waals surface area contributed by atoms with E-state index in [4.69, 9.17) is 5.14 Å². The SMILES string of the molecule is Cc1nn(C)cc1CN1CCC(c2ccc(S(N)(=O)=O)cc2)CC1. The van der Waals surface area contributed by atoms with E-state index in [2.05, 4.69) is 23.1 Å². The van der Waals surface area contributed by atoms with Crippen molar-refractivity contribution in [1.29, 1.82) is 0 Å². The van der Waals surface area contributed by atoms with Crippen molar-refractivity contribution in [3.63, 3.8) is 0 Å². The van der Waals surface area contributed by atoms with Gasteiger partial charge in [0, 0.05) is 25.4 Å².